The molecule has 0 saturated heterocycles. The molecule has 0 aliphatic heterocycles. The van der Waals surface area contributed by atoms with Gasteiger partial charge in [0.1, 0.15) is 0 Å². The first-order chi connectivity index (χ1) is 7.63. The van der Waals surface area contributed by atoms with Gasteiger partial charge in [-0.25, -0.2) is 8.78 Å². The minimum absolute atomic E-state index is 0.357. The van der Waals surface area contributed by atoms with Crippen molar-refractivity contribution in [3.8, 4) is 0 Å². The van der Waals surface area contributed by atoms with Gasteiger partial charge < -0.3 is 11.1 Å². The summed E-state index contributed by atoms with van der Waals surface area (Å²) < 4.78 is 25.5. The lowest BCUT2D eigenvalue weighted by Gasteiger charge is -2.12. The summed E-state index contributed by atoms with van der Waals surface area (Å²) >= 11 is 0. The summed E-state index contributed by atoms with van der Waals surface area (Å²) in [7, 11) is 0. The predicted octanol–water partition coefficient (Wildman–Crippen LogP) is 1.83. The highest BCUT2D eigenvalue weighted by atomic mass is 19.2. The monoisotopic (exact) mass is 228 g/mol. The maximum atomic E-state index is 12.9. The van der Waals surface area contributed by atoms with Gasteiger partial charge in [0.25, 0.3) is 0 Å². The Morgan fingerprint density at radius 2 is 2.06 bits per heavy atom. The highest BCUT2D eigenvalue weighted by molar-refractivity contribution is 5.18. The summed E-state index contributed by atoms with van der Waals surface area (Å²) in [6.45, 7) is 3.45. The molecule has 1 aromatic rings. The van der Waals surface area contributed by atoms with E-state index < -0.39 is 11.6 Å². The molecule has 0 radical (unpaired) electrons. The van der Waals surface area contributed by atoms with Gasteiger partial charge in [0.05, 0.1) is 0 Å². The Balaban J connectivity index is 2.34. The molecule has 0 aliphatic rings. The van der Waals surface area contributed by atoms with Crippen molar-refractivity contribution < 1.29 is 8.78 Å². The molecule has 0 saturated carbocycles. The van der Waals surface area contributed by atoms with Crippen LogP contribution in [0.25, 0.3) is 0 Å². The molecule has 3 N–H and O–H groups in total. The van der Waals surface area contributed by atoms with Crippen LogP contribution >= 0.6 is 0 Å². The maximum absolute atomic E-state index is 12.9. The Kier molecular flexibility index (Phi) is 5.35. The smallest absolute Gasteiger partial charge is 0.159 e. The van der Waals surface area contributed by atoms with Crippen LogP contribution in [0.1, 0.15) is 18.9 Å². The van der Waals surface area contributed by atoms with Crippen molar-refractivity contribution in [3.05, 3.63) is 35.4 Å². The zero-order valence-corrected chi connectivity index (χ0v) is 9.47. The topological polar surface area (TPSA) is 38.0 Å². The minimum atomic E-state index is -0.798. The van der Waals surface area contributed by atoms with Gasteiger partial charge in [-0.05, 0) is 50.6 Å². The predicted molar refractivity (Wildman–Crippen MR) is 61.2 cm³/mol. The molecule has 0 aliphatic carbocycles. The summed E-state index contributed by atoms with van der Waals surface area (Å²) in [5, 5.41) is 3.27. The Morgan fingerprint density at radius 1 is 1.31 bits per heavy atom. The fraction of sp³-hybridized carbons (Fsp3) is 0.500. The van der Waals surface area contributed by atoms with Crippen molar-refractivity contribution in [1.82, 2.24) is 5.32 Å². The van der Waals surface area contributed by atoms with E-state index in [1.165, 1.54) is 6.07 Å². The molecule has 0 amide bonds. The normalized spacial score (nSPS) is 12.8. The van der Waals surface area contributed by atoms with E-state index in [9.17, 15) is 8.78 Å². The van der Waals surface area contributed by atoms with Crippen LogP contribution in [0.3, 0.4) is 0 Å². The van der Waals surface area contributed by atoms with E-state index in [4.69, 9.17) is 5.73 Å². The van der Waals surface area contributed by atoms with Gasteiger partial charge in [-0.15, -0.1) is 0 Å². The first-order valence-electron chi connectivity index (χ1n) is 5.51. The Morgan fingerprint density at radius 3 is 2.69 bits per heavy atom. The lowest BCUT2D eigenvalue weighted by molar-refractivity contribution is 0.503. The van der Waals surface area contributed by atoms with Crippen molar-refractivity contribution in [1.29, 1.82) is 0 Å². The van der Waals surface area contributed by atoms with Gasteiger partial charge in [-0.3, -0.25) is 0 Å². The van der Waals surface area contributed by atoms with E-state index in [1.807, 2.05) is 0 Å². The van der Waals surface area contributed by atoms with E-state index in [2.05, 4.69) is 12.2 Å². The molecule has 0 spiro atoms. The Labute approximate surface area is 94.8 Å². The third kappa shape index (κ3) is 4.24. The zero-order chi connectivity index (χ0) is 12.0. The molecule has 1 rings (SSSR count). The first kappa shape index (κ1) is 13.1. The van der Waals surface area contributed by atoms with Crippen LogP contribution in [0.4, 0.5) is 8.78 Å². The molecule has 2 nitrogen and oxygen atoms in total. The van der Waals surface area contributed by atoms with Crippen molar-refractivity contribution in [2.45, 2.75) is 25.8 Å². The molecule has 0 fully saturated rings. The molecule has 1 aromatic carbocycles. The third-order valence-corrected chi connectivity index (χ3v) is 2.49. The summed E-state index contributed by atoms with van der Waals surface area (Å²) in [4.78, 5) is 0. The van der Waals surface area contributed by atoms with Crippen molar-refractivity contribution in [3.63, 3.8) is 0 Å². The standard InChI is InChI=1S/C12H18F2N2/c1-9(4-6-15)16-7-5-10-2-3-11(13)12(14)8-10/h2-3,8-9,16H,4-7,15H2,1H3. The highest BCUT2D eigenvalue weighted by Gasteiger charge is 2.03. The van der Waals surface area contributed by atoms with Gasteiger partial charge in [0.15, 0.2) is 11.6 Å². The average molecular weight is 228 g/mol. The number of nitrogens with two attached hydrogens (primary N) is 1. The van der Waals surface area contributed by atoms with E-state index in [0.29, 0.717) is 19.0 Å². The molecule has 16 heavy (non-hydrogen) atoms. The van der Waals surface area contributed by atoms with Crippen LogP contribution in [0.5, 0.6) is 0 Å². The van der Waals surface area contributed by atoms with Crippen LogP contribution in [0, 0.1) is 11.6 Å². The molecule has 4 heteroatoms. The SMILES string of the molecule is CC(CCN)NCCc1ccc(F)c(F)c1. The minimum Gasteiger partial charge on any atom is -0.330 e. The van der Waals surface area contributed by atoms with Crippen molar-refractivity contribution in [2.75, 3.05) is 13.1 Å². The fourth-order valence-electron chi connectivity index (χ4n) is 1.51. The first-order valence-corrected chi connectivity index (χ1v) is 5.51. The number of nitrogens with one attached hydrogen (secondary N) is 1. The van der Waals surface area contributed by atoms with Gasteiger partial charge in [0.2, 0.25) is 0 Å². The van der Waals surface area contributed by atoms with Crippen molar-refractivity contribution >= 4 is 0 Å². The third-order valence-electron chi connectivity index (χ3n) is 2.49. The van der Waals surface area contributed by atoms with Crippen molar-refractivity contribution in [2.24, 2.45) is 5.73 Å². The van der Waals surface area contributed by atoms with Crippen LogP contribution in [-0.2, 0) is 6.42 Å². The van der Waals surface area contributed by atoms with Gasteiger partial charge in [-0.2, -0.15) is 0 Å². The number of benzene rings is 1. The van der Waals surface area contributed by atoms with Gasteiger partial charge in [-0.1, -0.05) is 6.07 Å². The second kappa shape index (κ2) is 6.55. The lowest BCUT2D eigenvalue weighted by Crippen LogP contribution is -2.30. The molecule has 90 valence electrons. The highest BCUT2D eigenvalue weighted by Crippen LogP contribution is 2.08. The lowest BCUT2D eigenvalue weighted by atomic mass is 10.1. The van der Waals surface area contributed by atoms with E-state index >= 15 is 0 Å². The second-order valence-electron chi connectivity index (χ2n) is 3.93. The molecular weight excluding hydrogens is 210 g/mol. The Hall–Kier alpha value is -1.00. The molecular formula is C12H18F2N2. The van der Waals surface area contributed by atoms with Gasteiger partial charge in [0, 0.05) is 6.04 Å². The molecule has 1 atom stereocenters. The number of rotatable bonds is 6. The van der Waals surface area contributed by atoms with Crippen LogP contribution in [0.2, 0.25) is 0 Å². The quantitative estimate of drug-likeness (QED) is 0.779. The summed E-state index contributed by atoms with van der Waals surface area (Å²) in [6.07, 6.45) is 1.60. The molecule has 0 bridgehead atoms. The van der Waals surface area contributed by atoms with Gasteiger partial charge >= 0.3 is 0 Å². The molecule has 0 heterocycles. The number of halogens is 2. The van der Waals surface area contributed by atoms with E-state index in [-0.39, 0.29) is 0 Å². The number of hydrogen-bond acceptors (Lipinski definition) is 2. The van der Waals surface area contributed by atoms with Crippen LogP contribution < -0.4 is 11.1 Å². The maximum Gasteiger partial charge on any atom is 0.159 e. The second-order valence-corrected chi connectivity index (χ2v) is 3.93. The molecule has 1 unspecified atom stereocenters. The summed E-state index contributed by atoms with van der Waals surface area (Å²) in [5.74, 6) is -1.58. The largest absolute Gasteiger partial charge is 0.330 e. The van der Waals surface area contributed by atoms with Crippen LogP contribution in [-0.4, -0.2) is 19.1 Å². The van der Waals surface area contributed by atoms with E-state index in [1.54, 1.807) is 6.07 Å². The summed E-state index contributed by atoms with van der Waals surface area (Å²) in [5.41, 5.74) is 6.22. The summed E-state index contributed by atoms with van der Waals surface area (Å²) in [6, 6.07) is 4.36. The zero-order valence-electron chi connectivity index (χ0n) is 9.47. The van der Waals surface area contributed by atoms with Crippen LogP contribution in [0.15, 0.2) is 18.2 Å². The Bertz CT molecular complexity index is 329. The number of hydrogen-bond donors (Lipinski definition) is 2. The van der Waals surface area contributed by atoms with E-state index in [0.717, 1.165) is 24.6 Å². The molecule has 0 aromatic heterocycles. The average Bonchev–Trinajstić information content (AvgIpc) is 2.24. The fourth-order valence-corrected chi connectivity index (χ4v) is 1.51.